The van der Waals surface area contributed by atoms with Gasteiger partial charge in [0.25, 0.3) is 0 Å². The van der Waals surface area contributed by atoms with E-state index in [1.807, 2.05) is 20.0 Å². The molecule has 0 saturated heterocycles. The molecule has 1 N–H and O–H groups in total. The van der Waals surface area contributed by atoms with Gasteiger partial charge in [-0.1, -0.05) is 12.1 Å². The zero-order valence-electron chi connectivity index (χ0n) is 10.5. The van der Waals surface area contributed by atoms with Crippen LogP contribution in [0.15, 0.2) is 30.3 Å². The molecule has 0 bridgehead atoms. The van der Waals surface area contributed by atoms with E-state index in [0.29, 0.717) is 6.61 Å². The molecule has 0 amide bonds. The lowest BCUT2D eigenvalue weighted by Gasteiger charge is -2.16. The normalized spacial score (nSPS) is 12.9. The molecule has 0 aliphatic rings. The Morgan fingerprint density at radius 2 is 2.12 bits per heavy atom. The summed E-state index contributed by atoms with van der Waals surface area (Å²) in [7, 11) is 3.66. The van der Waals surface area contributed by atoms with Gasteiger partial charge in [-0.15, -0.1) is 0 Å². The predicted octanol–water partition coefficient (Wildman–Crippen LogP) is 2.45. The van der Waals surface area contributed by atoms with Crippen molar-refractivity contribution in [3.8, 4) is 0 Å². The molecule has 1 aromatic heterocycles. The van der Waals surface area contributed by atoms with Crippen molar-refractivity contribution < 1.29 is 4.74 Å². The molecule has 17 heavy (non-hydrogen) atoms. The molecule has 0 aliphatic heterocycles. The highest BCUT2D eigenvalue weighted by molar-refractivity contribution is 5.79. The Hall–Kier alpha value is -1.45. The molecule has 1 heterocycles. The van der Waals surface area contributed by atoms with Gasteiger partial charge >= 0.3 is 0 Å². The summed E-state index contributed by atoms with van der Waals surface area (Å²) in [5.41, 5.74) is 3.32. The lowest BCUT2D eigenvalue weighted by molar-refractivity contribution is 0.170. The first-order valence-corrected chi connectivity index (χ1v) is 5.78. The van der Waals surface area contributed by atoms with Crippen LogP contribution in [-0.2, 0) is 4.74 Å². The van der Waals surface area contributed by atoms with Crippen LogP contribution in [0.1, 0.15) is 17.3 Å². The number of hydrogen-bond acceptors (Lipinski definition) is 3. The Bertz CT molecular complexity index is 511. The number of rotatable bonds is 4. The molecule has 0 fully saturated rings. The first-order chi connectivity index (χ1) is 8.24. The van der Waals surface area contributed by atoms with Crippen molar-refractivity contribution in [2.24, 2.45) is 0 Å². The molecule has 3 nitrogen and oxygen atoms in total. The SMILES string of the molecule is CNC(COC)c1ccc2nc(C)ccc2c1. The highest BCUT2D eigenvalue weighted by Gasteiger charge is 2.09. The summed E-state index contributed by atoms with van der Waals surface area (Å²) in [5.74, 6) is 0. The average Bonchev–Trinajstić information content (AvgIpc) is 2.35. The molecule has 0 saturated carbocycles. The van der Waals surface area contributed by atoms with Crippen LogP contribution in [0.4, 0.5) is 0 Å². The van der Waals surface area contributed by atoms with Crippen molar-refractivity contribution in [1.82, 2.24) is 10.3 Å². The van der Waals surface area contributed by atoms with Gasteiger partial charge in [0.1, 0.15) is 0 Å². The quantitative estimate of drug-likeness (QED) is 0.876. The van der Waals surface area contributed by atoms with Gasteiger partial charge in [0.15, 0.2) is 0 Å². The number of benzene rings is 1. The van der Waals surface area contributed by atoms with Crippen LogP contribution in [-0.4, -0.2) is 25.7 Å². The number of nitrogens with one attached hydrogen (secondary N) is 1. The summed E-state index contributed by atoms with van der Waals surface area (Å²) in [5, 5.41) is 4.42. The van der Waals surface area contributed by atoms with E-state index in [4.69, 9.17) is 4.74 Å². The Balaban J connectivity index is 2.40. The molecule has 3 heteroatoms. The molecule has 2 aromatic rings. The van der Waals surface area contributed by atoms with Crippen LogP contribution < -0.4 is 5.32 Å². The summed E-state index contributed by atoms with van der Waals surface area (Å²) in [4.78, 5) is 4.50. The predicted molar refractivity (Wildman–Crippen MR) is 70.2 cm³/mol. The molecule has 0 radical (unpaired) electrons. The van der Waals surface area contributed by atoms with Gasteiger partial charge in [0.2, 0.25) is 0 Å². The van der Waals surface area contributed by atoms with E-state index in [1.54, 1.807) is 7.11 Å². The zero-order chi connectivity index (χ0) is 12.3. The Labute approximate surface area is 102 Å². The molecule has 0 aliphatic carbocycles. The lowest BCUT2D eigenvalue weighted by atomic mass is 10.0. The first kappa shape index (κ1) is 12.0. The molecule has 1 atom stereocenters. The highest BCUT2D eigenvalue weighted by atomic mass is 16.5. The Morgan fingerprint density at radius 3 is 2.82 bits per heavy atom. The topological polar surface area (TPSA) is 34.1 Å². The Kier molecular flexibility index (Phi) is 3.71. The smallest absolute Gasteiger partial charge is 0.0705 e. The van der Waals surface area contributed by atoms with E-state index in [9.17, 15) is 0 Å². The third-order valence-electron chi connectivity index (χ3n) is 2.94. The number of aryl methyl sites for hydroxylation is 1. The fourth-order valence-electron chi connectivity index (χ4n) is 1.98. The third-order valence-corrected chi connectivity index (χ3v) is 2.94. The van der Waals surface area contributed by atoms with Crippen molar-refractivity contribution >= 4 is 10.9 Å². The summed E-state index contributed by atoms with van der Waals surface area (Å²) < 4.78 is 5.20. The maximum Gasteiger partial charge on any atom is 0.0705 e. The second kappa shape index (κ2) is 5.25. The van der Waals surface area contributed by atoms with Gasteiger partial charge in [-0.3, -0.25) is 4.98 Å². The Morgan fingerprint density at radius 1 is 1.29 bits per heavy atom. The molecule has 2 rings (SSSR count). The second-order valence-corrected chi connectivity index (χ2v) is 4.20. The van der Waals surface area contributed by atoms with Crippen LogP contribution in [0.25, 0.3) is 10.9 Å². The van der Waals surface area contributed by atoms with Gasteiger partial charge in [0, 0.05) is 18.2 Å². The number of nitrogens with zero attached hydrogens (tertiary/aromatic N) is 1. The van der Waals surface area contributed by atoms with E-state index in [1.165, 1.54) is 10.9 Å². The van der Waals surface area contributed by atoms with Gasteiger partial charge < -0.3 is 10.1 Å². The van der Waals surface area contributed by atoms with E-state index in [-0.39, 0.29) is 6.04 Å². The van der Waals surface area contributed by atoms with E-state index >= 15 is 0 Å². The van der Waals surface area contributed by atoms with Crippen LogP contribution in [0.5, 0.6) is 0 Å². The van der Waals surface area contributed by atoms with Crippen LogP contribution >= 0.6 is 0 Å². The van der Waals surface area contributed by atoms with Crippen molar-refractivity contribution in [3.05, 3.63) is 41.6 Å². The minimum Gasteiger partial charge on any atom is -0.383 e. The number of hydrogen-bond donors (Lipinski definition) is 1. The summed E-state index contributed by atoms with van der Waals surface area (Å²) in [6.45, 7) is 2.68. The number of ether oxygens (including phenoxy) is 1. The van der Waals surface area contributed by atoms with Gasteiger partial charge in [-0.2, -0.15) is 0 Å². The van der Waals surface area contributed by atoms with Crippen molar-refractivity contribution in [3.63, 3.8) is 0 Å². The number of likely N-dealkylation sites (N-methyl/N-ethyl adjacent to an activating group) is 1. The van der Waals surface area contributed by atoms with Gasteiger partial charge in [-0.25, -0.2) is 0 Å². The number of fused-ring (bicyclic) bond motifs is 1. The lowest BCUT2D eigenvalue weighted by Crippen LogP contribution is -2.20. The molecule has 1 aromatic carbocycles. The molecule has 1 unspecified atom stereocenters. The van der Waals surface area contributed by atoms with Crippen molar-refractivity contribution in [2.75, 3.05) is 20.8 Å². The summed E-state index contributed by atoms with van der Waals surface area (Å²) in [6.07, 6.45) is 0. The number of aromatic nitrogens is 1. The average molecular weight is 230 g/mol. The maximum absolute atomic E-state index is 5.20. The zero-order valence-corrected chi connectivity index (χ0v) is 10.5. The molecule has 90 valence electrons. The van der Waals surface area contributed by atoms with Crippen molar-refractivity contribution in [2.45, 2.75) is 13.0 Å². The molecular weight excluding hydrogens is 212 g/mol. The number of pyridine rings is 1. The fourth-order valence-corrected chi connectivity index (χ4v) is 1.98. The minimum absolute atomic E-state index is 0.228. The van der Waals surface area contributed by atoms with Crippen LogP contribution in [0.3, 0.4) is 0 Å². The maximum atomic E-state index is 5.20. The minimum atomic E-state index is 0.228. The van der Waals surface area contributed by atoms with E-state index in [2.05, 4.69) is 34.6 Å². The van der Waals surface area contributed by atoms with E-state index < -0.39 is 0 Å². The third kappa shape index (κ3) is 2.62. The van der Waals surface area contributed by atoms with Crippen molar-refractivity contribution in [1.29, 1.82) is 0 Å². The van der Waals surface area contributed by atoms with E-state index in [0.717, 1.165) is 11.2 Å². The highest BCUT2D eigenvalue weighted by Crippen LogP contribution is 2.19. The van der Waals surface area contributed by atoms with Gasteiger partial charge in [-0.05, 0) is 37.7 Å². The fraction of sp³-hybridized carbons (Fsp3) is 0.357. The van der Waals surface area contributed by atoms with Gasteiger partial charge in [0.05, 0.1) is 18.2 Å². The standard InChI is InChI=1S/C14H18N2O/c1-10-4-5-11-8-12(6-7-13(11)16-10)14(15-2)9-17-3/h4-8,14-15H,9H2,1-3H3. The number of methoxy groups -OCH3 is 1. The first-order valence-electron chi connectivity index (χ1n) is 5.78. The summed E-state index contributed by atoms with van der Waals surface area (Å²) in [6, 6.07) is 10.7. The molecule has 0 spiro atoms. The monoisotopic (exact) mass is 230 g/mol. The van der Waals surface area contributed by atoms with Crippen LogP contribution in [0, 0.1) is 6.92 Å². The second-order valence-electron chi connectivity index (χ2n) is 4.20. The van der Waals surface area contributed by atoms with Crippen LogP contribution in [0.2, 0.25) is 0 Å². The molecular formula is C14H18N2O. The largest absolute Gasteiger partial charge is 0.383 e. The summed E-state index contributed by atoms with van der Waals surface area (Å²) >= 11 is 0.